The van der Waals surface area contributed by atoms with Gasteiger partial charge in [0.05, 0.1) is 5.02 Å². The van der Waals surface area contributed by atoms with Crippen LogP contribution in [0.1, 0.15) is 0 Å². The molecule has 0 aromatic carbocycles. The first kappa shape index (κ1) is 9.73. The van der Waals surface area contributed by atoms with Crippen molar-refractivity contribution in [1.82, 2.24) is 4.98 Å². The Morgan fingerprint density at radius 3 is 2.50 bits per heavy atom. The van der Waals surface area contributed by atoms with Crippen LogP contribution in [0.25, 0.3) is 0 Å². The van der Waals surface area contributed by atoms with E-state index in [1.165, 1.54) is 0 Å². The lowest BCUT2D eigenvalue weighted by atomic mass is 9.81. The Hall–Kier alpha value is -0.355. The van der Waals surface area contributed by atoms with Crippen LogP contribution in [0.3, 0.4) is 0 Å². The highest BCUT2D eigenvalue weighted by Crippen LogP contribution is 2.17. The van der Waals surface area contributed by atoms with Crippen LogP contribution < -0.4 is 5.46 Å². The fraction of sp³-hybridized carbons (Fsp3) is 0. The third kappa shape index (κ3) is 1.69. The summed E-state index contributed by atoms with van der Waals surface area (Å²) in [6, 6.07) is 0. The Morgan fingerprint density at radius 2 is 2.00 bits per heavy atom. The molecule has 1 heterocycles. The second-order valence-electron chi connectivity index (χ2n) is 2.01. The molecule has 0 fully saturated rings. The molecule has 1 aromatic rings. The number of nitrogens with zero attached hydrogens (tertiary/aromatic N) is 1. The molecule has 0 atom stereocenters. The van der Waals surface area contributed by atoms with Crippen LogP contribution in [0.4, 0.5) is 4.39 Å². The van der Waals surface area contributed by atoms with Crippen molar-refractivity contribution < 1.29 is 14.4 Å². The second kappa shape index (κ2) is 3.57. The van der Waals surface area contributed by atoms with E-state index in [1.54, 1.807) is 0 Å². The summed E-state index contributed by atoms with van der Waals surface area (Å²) in [5.41, 5.74) is -0.210. The maximum Gasteiger partial charge on any atom is 0.491 e. The van der Waals surface area contributed by atoms with Crippen LogP contribution >= 0.6 is 23.2 Å². The third-order valence-electron chi connectivity index (χ3n) is 1.22. The van der Waals surface area contributed by atoms with Gasteiger partial charge < -0.3 is 10.0 Å². The molecular weight excluding hydrogens is 207 g/mol. The number of hydrogen-bond acceptors (Lipinski definition) is 3. The molecule has 0 amide bonds. The summed E-state index contributed by atoms with van der Waals surface area (Å²) >= 11 is 10.6. The lowest BCUT2D eigenvalue weighted by Crippen LogP contribution is -2.31. The molecule has 12 heavy (non-hydrogen) atoms. The number of aromatic nitrogens is 1. The number of pyridine rings is 1. The van der Waals surface area contributed by atoms with E-state index in [-0.39, 0.29) is 5.46 Å². The van der Waals surface area contributed by atoms with Crippen molar-refractivity contribution in [2.24, 2.45) is 0 Å². The first-order chi connectivity index (χ1) is 5.54. The highest BCUT2D eigenvalue weighted by molar-refractivity contribution is 6.62. The topological polar surface area (TPSA) is 53.4 Å². The molecule has 0 saturated heterocycles. The van der Waals surface area contributed by atoms with E-state index in [1.807, 2.05) is 0 Å². The number of rotatable bonds is 1. The van der Waals surface area contributed by atoms with Crippen LogP contribution in [0, 0.1) is 5.82 Å². The monoisotopic (exact) mass is 209 g/mol. The van der Waals surface area contributed by atoms with Gasteiger partial charge in [-0.05, 0) is 0 Å². The Labute approximate surface area is 77.9 Å². The minimum Gasteiger partial charge on any atom is -0.423 e. The van der Waals surface area contributed by atoms with E-state index in [2.05, 4.69) is 4.98 Å². The summed E-state index contributed by atoms with van der Waals surface area (Å²) in [5, 5.41) is 16.5. The summed E-state index contributed by atoms with van der Waals surface area (Å²) in [6.07, 6.45) is 0.998. The molecule has 0 saturated carbocycles. The summed E-state index contributed by atoms with van der Waals surface area (Å²) in [4.78, 5) is 3.35. The fourth-order valence-corrected chi connectivity index (χ4v) is 1.06. The van der Waals surface area contributed by atoms with Gasteiger partial charge in [0.15, 0.2) is 11.0 Å². The highest BCUT2D eigenvalue weighted by Gasteiger charge is 2.20. The first-order valence-corrected chi connectivity index (χ1v) is 3.65. The Bertz CT molecular complexity index is 310. The molecule has 0 unspecified atom stereocenters. The second-order valence-corrected chi connectivity index (χ2v) is 2.74. The standard InChI is InChI=1S/C5H3BCl2FNO2/c7-3-2(6(11)12)1-10-5(8)4(3)9/h1,11-12H. The van der Waals surface area contributed by atoms with Gasteiger partial charge in [-0.25, -0.2) is 9.37 Å². The molecule has 0 radical (unpaired) electrons. The van der Waals surface area contributed by atoms with E-state index in [0.717, 1.165) is 6.20 Å². The molecule has 2 N–H and O–H groups in total. The van der Waals surface area contributed by atoms with Crippen LogP contribution in [0.5, 0.6) is 0 Å². The predicted molar refractivity (Wildman–Crippen MR) is 44.0 cm³/mol. The van der Waals surface area contributed by atoms with Crippen molar-refractivity contribution in [2.75, 3.05) is 0 Å². The van der Waals surface area contributed by atoms with Crippen molar-refractivity contribution in [1.29, 1.82) is 0 Å². The zero-order valence-electron chi connectivity index (χ0n) is 5.63. The molecule has 1 aromatic heterocycles. The molecular formula is C5H3BCl2FNO2. The largest absolute Gasteiger partial charge is 0.491 e. The molecule has 0 aliphatic carbocycles. The van der Waals surface area contributed by atoms with E-state index in [9.17, 15) is 4.39 Å². The summed E-state index contributed by atoms with van der Waals surface area (Å²) in [7, 11) is -1.85. The molecule has 3 nitrogen and oxygen atoms in total. The summed E-state index contributed by atoms with van der Waals surface area (Å²) < 4.78 is 12.8. The zero-order valence-corrected chi connectivity index (χ0v) is 7.14. The van der Waals surface area contributed by atoms with Crippen LogP contribution in [0.15, 0.2) is 6.20 Å². The van der Waals surface area contributed by atoms with E-state index in [0.29, 0.717) is 0 Å². The van der Waals surface area contributed by atoms with Gasteiger partial charge in [-0.15, -0.1) is 0 Å². The lowest BCUT2D eigenvalue weighted by Gasteiger charge is -2.02. The van der Waals surface area contributed by atoms with Crippen molar-refractivity contribution in [3.63, 3.8) is 0 Å². The van der Waals surface area contributed by atoms with Crippen molar-refractivity contribution in [3.8, 4) is 0 Å². The van der Waals surface area contributed by atoms with E-state index < -0.39 is 23.1 Å². The van der Waals surface area contributed by atoms with Gasteiger partial charge in [-0.3, -0.25) is 0 Å². The summed E-state index contributed by atoms with van der Waals surface area (Å²) in [5.74, 6) is -0.955. The van der Waals surface area contributed by atoms with Gasteiger partial charge >= 0.3 is 7.12 Å². The van der Waals surface area contributed by atoms with Crippen LogP contribution in [-0.2, 0) is 0 Å². The van der Waals surface area contributed by atoms with Crippen LogP contribution in [0.2, 0.25) is 10.2 Å². The van der Waals surface area contributed by atoms with Gasteiger partial charge in [0.1, 0.15) is 0 Å². The SMILES string of the molecule is OB(O)c1cnc(Cl)c(F)c1Cl. The zero-order chi connectivity index (χ0) is 9.30. The predicted octanol–water partition coefficient (Wildman–Crippen LogP) is 0.207. The molecule has 0 aliphatic rings. The normalized spacial score (nSPS) is 10.1. The van der Waals surface area contributed by atoms with Gasteiger partial charge in [-0.2, -0.15) is 0 Å². The smallest absolute Gasteiger partial charge is 0.423 e. The average molecular weight is 210 g/mol. The first-order valence-electron chi connectivity index (χ1n) is 2.89. The Morgan fingerprint density at radius 1 is 1.42 bits per heavy atom. The molecule has 64 valence electrons. The molecule has 7 heteroatoms. The van der Waals surface area contributed by atoms with Crippen molar-refractivity contribution in [3.05, 3.63) is 22.2 Å². The van der Waals surface area contributed by atoms with Gasteiger partial charge in [0.2, 0.25) is 0 Å². The average Bonchev–Trinajstić information content (AvgIpc) is 2.00. The van der Waals surface area contributed by atoms with Gasteiger partial charge in [0, 0.05) is 11.7 Å². The van der Waals surface area contributed by atoms with Gasteiger partial charge in [0.25, 0.3) is 0 Å². The maximum absolute atomic E-state index is 12.8. The molecule has 0 spiro atoms. The van der Waals surface area contributed by atoms with Crippen LogP contribution in [-0.4, -0.2) is 22.2 Å². The highest BCUT2D eigenvalue weighted by atomic mass is 35.5. The minimum absolute atomic E-state index is 0.210. The molecule has 0 aliphatic heterocycles. The lowest BCUT2D eigenvalue weighted by molar-refractivity contribution is 0.425. The molecule has 0 bridgehead atoms. The number of hydrogen-bond donors (Lipinski definition) is 2. The Kier molecular flexibility index (Phi) is 2.90. The van der Waals surface area contributed by atoms with Crippen molar-refractivity contribution in [2.45, 2.75) is 0 Å². The Balaban J connectivity index is 3.27. The van der Waals surface area contributed by atoms with E-state index >= 15 is 0 Å². The van der Waals surface area contributed by atoms with E-state index in [4.69, 9.17) is 33.2 Å². The third-order valence-corrected chi connectivity index (χ3v) is 1.87. The maximum atomic E-state index is 12.8. The fourth-order valence-electron chi connectivity index (χ4n) is 0.637. The minimum atomic E-state index is -1.85. The van der Waals surface area contributed by atoms with Gasteiger partial charge in [-0.1, -0.05) is 23.2 Å². The molecule has 1 rings (SSSR count). The van der Waals surface area contributed by atoms with Crippen molar-refractivity contribution >= 4 is 35.8 Å². The summed E-state index contributed by atoms with van der Waals surface area (Å²) in [6.45, 7) is 0. The number of halogens is 3. The quantitative estimate of drug-likeness (QED) is 0.514.